The van der Waals surface area contributed by atoms with Gasteiger partial charge >= 0.3 is 0 Å². The molecule has 0 spiro atoms. The second-order valence-corrected chi connectivity index (χ2v) is 5.37. The highest BCUT2D eigenvalue weighted by molar-refractivity contribution is 5.20. The van der Waals surface area contributed by atoms with Crippen LogP contribution in [-0.2, 0) is 0 Å². The Hall–Kier alpha value is -1.06. The zero-order chi connectivity index (χ0) is 15.3. The number of rotatable bonds is 7. The van der Waals surface area contributed by atoms with Crippen molar-refractivity contribution in [3.8, 4) is 5.75 Å². The van der Waals surface area contributed by atoms with E-state index in [4.69, 9.17) is 4.74 Å². The van der Waals surface area contributed by atoms with Gasteiger partial charge in [0.25, 0.3) is 0 Å². The van der Waals surface area contributed by atoms with Gasteiger partial charge in [-0.1, -0.05) is 32.0 Å². The molecule has 1 aromatic rings. The van der Waals surface area contributed by atoms with Crippen molar-refractivity contribution in [2.75, 3.05) is 46.4 Å². The molecule has 0 bridgehead atoms. The maximum atomic E-state index is 5.69. The summed E-state index contributed by atoms with van der Waals surface area (Å²) >= 11 is 0. The van der Waals surface area contributed by atoms with E-state index >= 15 is 0 Å². The molecule has 120 valence electrons. The van der Waals surface area contributed by atoms with Crippen LogP contribution in [0.4, 0.5) is 0 Å². The van der Waals surface area contributed by atoms with Gasteiger partial charge < -0.3 is 14.5 Å². The van der Waals surface area contributed by atoms with Crippen LogP contribution in [-0.4, -0.2) is 56.2 Å². The standard InChI is InChI=1S/C16H26N2O.C2H6/c1-17-11-13-18(14-12-17)10-6-3-7-15-19-16-8-4-2-5-9-16;1-2/h2,4-5,8-9H,3,6-7,10-15H2,1H3;1-2H3. The van der Waals surface area contributed by atoms with Crippen LogP contribution in [0.3, 0.4) is 0 Å². The molecule has 0 amide bonds. The first kappa shape index (κ1) is 18.0. The van der Waals surface area contributed by atoms with Gasteiger partial charge in [0.05, 0.1) is 6.61 Å². The lowest BCUT2D eigenvalue weighted by Crippen LogP contribution is -2.44. The van der Waals surface area contributed by atoms with E-state index in [1.807, 2.05) is 44.2 Å². The topological polar surface area (TPSA) is 15.7 Å². The van der Waals surface area contributed by atoms with E-state index < -0.39 is 0 Å². The number of benzene rings is 1. The predicted molar refractivity (Wildman–Crippen MR) is 91.1 cm³/mol. The minimum atomic E-state index is 0.840. The molecule has 1 heterocycles. The number of unbranched alkanes of at least 4 members (excludes halogenated alkanes) is 2. The molecule has 0 atom stereocenters. The molecule has 0 N–H and O–H groups in total. The summed E-state index contributed by atoms with van der Waals surface area (Å²) in [6.07, 6.45) is 3.71. The largest absolute Gasteiger partial charge is 0.494 e. The summed E-state index contributed by atoms with van der Waals surface area (Å²) in [6.45, 7) is 11.0. The third kappa shape index (κ3) is 8.08. The Morgan fingerprint density at radius 3 is 2.24 bits per heavy atom. The summed E-state index contributed by atoms with van der Waals surface area (Å²) in [5, 5.41) is 0. The first-order valence-electron chi connectivity index (χ1n) is 8.43. The number of nitrogens with zero attached hydrogens (tertiary/aromatic N) is 2. The fourth-order valence-corrected chi connectivity index (χ4v) is 2.39. The quantitative estimate of drug-likeness (QED) is 0.715. The predicted octanol–water partition coefficient (Wildman–Crippen LogP) is 3.51. The van der Waals surface area contributed by atoms with Crippen LogP contribution in [0.1, 0.15) is 33.1 Å². The molecule has 2 rings (SSSR count). The fourth-order valence-electron chi connectivity index (χ4n) is 2.39. The lowest BCUT2D eigenvalue weighted by atomic mass is 10.2. The van der Waals surface area contributed by atoms with Crippen LogP contribution in [0.5, 0.6) is 5.75 Å². The van der Waals surface area contributed by atoms with E-state index in [-0.39, 0.29) is 0 Å². The van der Waals surface area contributed by atoms with Crippen molar-refractivity contribution in [2.45, 2.75) is 33.1 Å². The van der Waals surface area contributed by atoms with Crippen LogP contribution in [0.25, 0.3) is 0 Å². The molecule has 0 unspecified atom stereocenters. The first-order valence-corrected chi connectivity index (χ1v) is 8.43. The molecule has 1 fully saturated rings. The molecule has 1 aliphatic heterocycles. The van der Waals surface area contributed by atoms with Gasteiger partial charge in [0.1, 0.15) is 5.75 Å². The third-order valence-electron chi connectivity index (χ3n) is 3.73. The van der Waals surface area contributed by atoms with Crippen LogP contribution < -0.4 is 4.74 Å². The smallest absolute Gasteiger partial charge is 0.119 e. The average Bonchev–Trinajstić information content (AvgIpc) is 2.55. The zero-order valence-electron chi connectivity index (χ0n) is 14.1. The van der Waals surface area contributed by atoms with E-state index in [0.717, 1.165) is 18.8 Å². The average molecular weight is 292 g/mol. The molecule has 0 saturated carbocycles. The van der Waals surface area contributed by atoms with Gasteiger partial charge in [0.2, 0.25) is 0 Å². The number of ether oxygens (including phenoxy) is 1. The molecule has 0 radical (unpaired) electrons. The zero-order valence-corrected chi connectivity index (χ0v) is 14.1. The lowest BCUT2D eigenvalue weighted by Gasteiger charge is -2.32. The number of likely N-dealkylation sites (N-methyl/N-ethyl adjacent to an activating group) is 1. The molecular formula is C18H32N2O. The Kier molecular flexibility index (Phi) is 9.92. The highest BCUT2D eigenvalue weighted by Gasteiger charge is 2.12. The first-order chi connectivity index (χ1) is 10.3. The molecule has 3 nitrogen and oxygen atoms in total. The summed E-state index contributed by atoms with van der Waals surface area (Å²) in [6, 6.07) is 10.1. The van der Waals surface area contributed by atoms with Crippen molar-refractivity contribution >= 4 is 0 Å². The molecule has 21 heavy (non-hydrogen) atoms. The maximum absolute atomic E-state index is 5.69. The Morgan fingerprint density at radius 2 is 1.57 bits per heavy atom. The van der Waals surface area contributed by atoms with Crippen molar-refractivity contribution in [1.29, 1.82) is 0 Å². The van der Waals surface area contributed by atoms with E-state index in [0.29, 0.717) is 0 Å². The van der Waals surface area contributed by atoms with Crippen molar-refractivity contribution in [1.82, 2.24) is 9.80 Å². The van der Waals surface area contributed by atoms with Crippen molar-refractivity contribution in [3.63, 3.8) is 0 Å². The Labute approximate surface area is 130 Å². The lowest BCUT2D eigenvalue weighted by molar-refractivity contribution is 0.151. The Balaban J connectivity index is 0.00000106. The SMILES string of the molecule is CC.CN1CCN(CCCCCOc2ccccc2)CC1. The second kappa shape index (κ2) is 11.6. The van der Waals surface area contributed by atoms with Gasteiger partial charge in [0, 0.05) is 26.2 Å². The minimum Gasteiger partial charge on any atom is -0.494 e. The molecular weight excluding hydrogens is 260 g/mol. The van der Waals surface area contributed by atoms with E-state index in [9.17, 15) is 0 Å². The monoisotopic (exact) mass is 292 g/mol. The number of hydrogen-bond acceptors (Lipinski definition) is 3. The Bertz CT molecular complexity index is 334. The summed E-state index contributed by atoms with van der Waals surface area (Å²) in [4.78, 5) is 4.99. The summed E-state index contributed by atoms with van der Waals surface area (Å²) in [7, 11) is 2.21. The van der Waals surface area contributed by atoms with E-state index in [1.165, 1.54) is 45.6 Å². The number of para-hydroxylation sites is 1. The highest BCUT2D eigenvalue weighted by atomic mass is 16.5. The maximum Gasteiger partial charge on any atom is 0.119 e. The van der Waals surface area contributed by atoms with Crippen LogP contribution in [0.15, 0.2) is 30.3 Å². The number of piperazine rings is 1. The fraction of sp³-hybridized carbons (Fsp3) is 0.667. The van der Waals surface area contributed by atoms with Gasteiger partial charge in [-0.25, -0.2) is 0 Å². The second-order valence-electron chi connectivity index (χ2n) is 5.37. The summed E-state index contributed by atoms with van der Waals surface area (Å²) < 4.78 is 5.69. The molecule has 3 heteroatoms. The normalized spacial score (nSPS) is 16.1. The minimum absolute atomic E-state index is 0.840. The van der Waals surface area contributed by atoms with Gasteiger partial charge in [-0.15, -0.1) is 0 Å². The summed E-state index contributed by atoms with van der Waals surface area (Å²) in [5.41, 5.74) is 0. The van der Waals surface area contributed by atoms with Crippen LogP contribution in [0.2, 0.25) is 0 Å². The third-order valence-corrected chi connectivity index (χ3v) is 3.73. The van der Waals surface area contributed by atoms with Gasteiger partial charge in [0.15, 0.2) is 0 Å². The molecule has 1 aromatic carbocycles. The Morgan fingerprint density at radius 1 is 0.905 bits per heavy atom. The van der Waals surface area contributed by atoms with Gasteiger partial charge in [-0.05, 0) is 45.0 Å². The summed E-state index contributed by atoms with van der Waals surface area (Å²) in [5.74, 6) is 0.988. The molecule has 0 aromatic heterocycles. The van der Waals surface area contributed by atoms with Crippen molar-refractivity contribution in [3.05, 3.63) is 30.3 Å². The van der Waals surface area contributed by atoms with Crippen molar-refractivity contribution in [2.24, 2.45) is 0 Å². The number of hydrogen-bond donors (Lipinski definition) is 0. The van der Waals surface area contributed by atoms with Crippen LogP contribution in [0, 0.1) is 0 Å². The molecule has 0 aliphatic carbocycles. The van der Waals surface area contributed by atoms with E-state index in [1.54, 1.807) is 0 Å². The van der Waals surface area contributed by atoms with Crippen molar-refractivity contribution < 1.29 is 4.74 Å². The molecule has 1 aliphatic rings. The highest BCUT2D eigenvalue weighted by Crippen LogP contribution is 2.09. The van der Waals surface area contributed by atoms with Crippen LogP contribution >= 0.6 is 0 Å². The van der Waals surface area contributed by atoms with E-state index in [2.05, 4.69) is 16.8 Å². The molecule has 1 saturated heterocycles. The van der Waals surface area contributed by atoms with Gasteiger partial charge in [-0.3, -0.25) is 0 Å². The van der Waals surface area contributed by atoms with Gasteiger partial charge in [-0.2, -0.15) is 0 Å².